The molecule has 0 bridgehead atoms. The van der Waals surface area contributed by atoms with Crippen LogP contribution < -0.4 is 10.1 Å². The van der Waals surface area contributed by atoms with Crippen LogP contribution in [0.25, 0.3) is 0 Å². The first-order valence-electron chi connectivity index (χ1n) is 11.4. The maximum atomic E-state index is 12.9. The molecule has 178 valence electrons. The van der Waals surface area contributed by atoms with Crippen molar-refractivity contribution in [1.82, 2.24) is 15.2 Å². The molecule has 1 aromatic carbocycles. The van der Waals surface area contributed by atoms with Crippen molar-refractivity contribution < 1.29 is 28.5 Å². The molecule has 0 radical (unpaired) electrons. The Hall–Kier alpha value is -3.34. The molecule has 1 aromatic heterocycles. The zero-order chi connectivity index (χ0) is 23.7. The Kier molecular flexibility index (Phi) is 6.03. The minimum atomic E-state index is -0.668. The highest BCUT2D eigenvalue weighted by Gasteiger charge is 2.40. The van der Waals surface area contributed by atoms with Gasteiger partial charge in [0, 0.05) is 29.3 Å². The lowest BCUT2D eigenvalue weighted by Gasteiger charge is -2.45. The van der Waals surface area contributed by atoms with E-state index in [0.29, 0.717) is 56.3 Å². The number of ether oxygens (including phenoxy) is 2. The first-order valence-corrected chi connectivity index (χ1v) is 11.4. The van der Waals surface area contributed by atoms with E-state index in [1.54, 1.807) is 24.4 Å². The summed E-state index contributed by atoms with van der Waals surface area (Å²) in [5, 5.41) is 15.0. The normalized spacial score (nSPS) is 21.9. The number of hydroxylamine groups is 3. The van der Waals surface area contributed by atoms with Gasteiger partial charge in [-0.05, 0) is 30.7 Å². The molecule has 0 spiro atoms. The Morgan fingerprint density at radius 1 is 1.18 bits per heavy atom. The number of nitrogens with one attached hydrogen (secondary N) is 1. The van der Waals surface area contributed by atoms with Crippen molar-refractivity contribution >= 4 is 17.7 Å². The summed E-state index contributed by atoms with van der Waals surface area (Å²) in [5.41, 5.74) is 2.79. The summed E-state index contributed by atoms with van der Waals surface area (Å²) in [7, 11) is 0. The highest BCUT2D eigenvalue weighted by molar-refractivity contribution is 6.05. The van der Waals surface area contributed by atoms with Gasteiger partial charge in [0.05, 0.1) is 25.5 Å². The maximum absolute atomic E-state index is 12.9. The van der Waals surface area contributed by atoms with Crippen LogP contribution in [0.1, 0.15) is 40.0 Å². The van der Waals surface area contributed by atoms with Gasteiger partial charge in [-0.25, -0.2) is 0 Å². The van der Waals surface area contributed by atoms with Gasteiger partial charge in [-0.3, -0.25) is 24.7 Å². The van der Waals surface area contributed by atoms with Crippen molar-refractivity contribution in [3.05, 3.63) is 64.1 Å². The third kappa shape index (κ3) is 4.52. The number of imide groups is 1. The van der Waals surface area contributed by atoms with Crippen molar-refractivity contribution in [3.8, 4) is 5.75 Å². The first-order chi connectivity index (χ1) is 16.4. The predicted molar refractivity (Wildman–Crippen MR) is 119 cm³/mol. The summed E-state index contributed by atoms with van der Waals surface area (Å²) >= 11 is 0. The molecule has 3 aliphatic rings. The number of fused-ring (bicyclic) bond motifs is 1. The number of quaternary nitrogens is 1. The number of rotatable bonds is 6. The van der Waals surface area contributed by atoms with Gasteiger partial charge in [-0.1, -0.05) is 6.07 Å². The fourth-order valence-electron chi connectivity index (χ4n) is 4.64. The van der Waals surface area contributed by atoms with Gasteiger partial charge in [0.15, 0.2) is 0 Å². The standard InChI is InChI=1S/C24H26N4O6/c29-22-7-6-20(23(30)26-22)27-13-19-18(24(27)31)2-1-3-21(19)34-15-17-5-4-16(12-25-17)14-28(32)8-10-33-11-9-28/h1-5,12,20H,6-11,13-15H2,(H,26,29,30). The van der Waals surface area contributed by atoms with E-state index in [1.165, 1.54) is 4.90 Å². The summed E-state index contributed by atoms with van der Waals surface area (Å²) in [6, 6.07) is 8.32. The fraction of sp³-hybridized carbons (Fsp3) is 0.417. The Morgan fingerprint density at radius 2 is 2.00 bits per heavy atom. The van der Waals surface area contributed by atoms with E-state index in [0.717, 1.165) is 11.1 Å². The van der Waals surface area contributed by atoms with E-state index >= 15 is 0 Å². The van der Waals surface area contributed by atoms with Crippen LogP contribution >= 0.6 is 0 Å². The van der Waals surface area contributed by atoms with Crippen LogP contribution in [-0.4, -0.2) is 64.6 Å². The number of pyridine rings is 1. The average Bonchev–Trinajstić information content (AvgIpc) is 3.16. The molecular formula is C24H26N4O6. The van der Waals surface area contributed by atoms with Crippen LogP contribution in [0.4, 0.5) is 0 Å². The minimum Gasteiger partial charge on any atom is -0.632 e. The van der Waals surface area contributed by atoms with E-state index in [4.69, 9.17) is 9.47 Å². The maximum Gasteiger partial charge on any atom is 0.255 e. The van der Waals surface area contributed by atoms with Gasteiger partial charge in [-0.2, -0.15) is 0 Å². The zero-order valence-corrected chi connectivity index (χ0v) is 18.7. The van der Waals surface area contributed by atoms with Gasteiger partial charge in [0.25, 0.3) is 5.91 Å². The lowest BCUT2D eigenvalue weighted by molar-refractivity contribution is -0.901. The number of hydrogen-bond donors (Lipinski definition) is 1. The molecule has 1 atom stereocenters. The number of piperidine rings is 1. The van der Waals surface area contributed by atoms with Gasteiger partial charge in [-0.15, -0.1) is 0 Å². The zero-order valence-electron chi connectivity index (χ0n) is 18.7. The van der Waals surface area contributed by atoms with Crippen molar-refractivity contribution in [1.29, 1.82) is 0 Å². The number of morpholine rings is 1. The number of amides is 3. The Labute approximate surface area is 196 Å². The van der Waals surface area contributed by atoms with E-state index in [-0.39, 0.29) is 36.0 Å². The molecule has 2 aromatic rings. The molecule has 3 aliphatic heterocycles. The first kappa shape index (κ1) is 22.5. The molecule has 0 saturated carbocycles. The second-order valence-electron chi connectivity index (χ2n) is 8.90. The van der Waals surface area contributed by atoms with Crippen LogP contribution in [0.2, 0.25) is 0 Å². The molecule has 10 nitrogen and oxygen atoms in total. The van der Waals surface area contributed by atoms with Crippen LogP contribution in [0.5, 0.6) is 5.75 Å². The van der Waals surface area contributed by atoms with Crippen LogP contribution in [0, 0.1) is 5.21 Å². The third-order valence-corrected chi connectivity index (χ3v) is 6.56. The Morgan fingerprint density at radius 3 is 2.74 bits per heavy atom. The van der Waals surface area contributed by atoms with Gasteiger partial charge < -0.3 is 24.2 Å². The Bertz CT molecular complexity index is 1110. The molecule has 10 heteroatoms. The van der Waals surface area contributed by atoms with Gasteiger partial charge in [0.1, 0.15) is 38.0 Å². The second kappa shape index (κ2) is 9.13. The van der Waals surface area contributed by atoms with Gasteiger partial charge >= 0.3 is 0 Å². The molecule has 2 fully saturated rings. The predicted octanol–water partition coefficient (Wildman–Crippen LogP) is 1.27. The molecule has 0 aliphatic carbocycles. The third-order valence-electron chi connectivity index (χ3n) is 6.56. The second-order valence-corrected chi connectivity index (χ2v) is 8.90. The molecule has 4 heterocycles. The summed E-state index contributed by atoms with van der Waals surface area (Å²) < 4.78 is 11.0. The SMILES string of the molecule is O=C1CCC(N2Cc3c(OCc4ccc(C[N+]5([O-])CCOCC5)cn4)cccc3C2=O)C(=O)N1. The lowest BCUT2D eigenvalue weighted by atomic mass is 10.0. The van der Waals surface area contributed by atoms with E-state index in [9.17, 15) is 19.6 Å². The lowest BCUT2D eigenvalue weighted by Crippen LogP contribution is -2.52. The monoisotopic (exact) mass is 466 g/mol. The highest BCUT2D eigenvalue weighted by atomic mass is 16.6. The topological polar surface area (TPSA) is 121 Å². The van der Waals surface area contributed by atoms with E-state index in [1.807, 2.05) is 12.1 Å². The number of hydrogen-bond acceptors (Lipinski definition) is 7. The van der Waals surface area contributed by atoms with Crippen molar-refractivity contribution in [2.45, 2.75) is 38.6 Å². The van der Waals surface area contributed by atoms with Crippen molar-refractivity contribution in [3.63, 3.8) is 0 Å². The number of carbonyl (C=O) groups excluding carboxylic acids is 3. The fourth-order valence-corrected chi connectivity index (χ4v) is 4.64. The molecule has 3 amide bonds. The number of aromatic nitrogens is 1. The van der Waals surface area contributed by atoms with Crippen molar-refractivity contribution in [2.75, 3.05) is 26.3 Å². The summed E-state index contributed by atoms with van der Waals surface area (Å²) in [6.45, 7) is 2.66. The Balaban J connectivity index is 1.24. The molecule has 2 saturated heterocycles. The number of benzene rings is 1. The molecule has 1 unspecified atom stereocenters. The summed E-state index contributed by atoms with van der Waals surface area (Å²) in [4.78, 5) is 42.6. The minimum absolute atomic E-state index is 0.203. The number of carbonyl (C=O) groups is 3. The van der Waals surface area contributed by atoms with Gasteiger partial charge in [0.2, 0.25) is 11.8 Å². The molecule has 1 N–H and O–H groups in total. The molecule has 34 heavy (non-hydrogen) atoms. The largest absolute Gasteiger partial charge is 0.632 e. The molecule has 5 rings (SSSR count). The highest BCUT2D eigenvalue weighted by Crippen LogP contribution is 2.33. The summed E-state index contributed by atoms with van der Waals surface area (Å²) in [5.74, 6) is -0.437. The van der Waals surface area contributed by atoms with E-state index in [2.05, 4.69) is 10.3 Å². The summed E-state index contributed by atoms with van der Waals surface area (Å²) in [6.07, 6.45) is 2.23. The van der Waals surface area contributed by atoms with Crippen molar-refractivity contribution in [2.24, 2.45) is 0 Å². The van der Waals surface area contributed by atoms with Crippen LogP contribution in [-0.2, 0) is 34.0 Å². The van der Waals surface area contributed by atoms with E-state index < -0.39 is 11.9 Å². The van der Waals surface area contributed by atoms with Crippen LogP contribution in [0.3, 0.4) is 0 Å². The van der Waals surface area contributed by atoms with Crippen LogP contribution in [0.15, 0.2) is 36.5 Å². The molecular weight excluding hydrogens is 440 g/mol. The quantitative estimate of drug-likeness (QED) is 0.387. The number of nitrogens with zero attached hydrogens (tertiary/aromatic N) is 3. The smallest absolute Gasteiger partial charge is 0.255 e. The average molecular weight is 466 g/mol.